The number of nitrogens with zero attached hydrogens (tertiary/aromatic N) is 4. The third-order valence-corrected chi connectivity index (χ3v) is 3.46. The maximum atomic E-state index is 6.11. The van der Waals surface area contributed by atoms with Gasteiger partial charge in [0.25, 0.3) is 0 Å². The Bertz CT molecular complexity index is 722. The van der Waals surface area contributed by atoms with Crippen molar-refractivity contribution < 1.29 is 0 Å². The van der Waals surface area contributed by atoms with E-state index in [1.165, 1.54) is 6.33 Å². The summed E-state index contributed by atoms with van der Waals surface area (Å²) in [6, 6.07) is 10.1. The van der Waals surface area contributed by atoms with Gasteiger partial charge in [-0.15, -0.1) is 0 Å². The van der Waals surface area contributed by atoms with Gasteiger partial charge in [-0.05, 0) is 12.0 Å². The van der Waals surface area contributed by atoms with E-state index in [0.717, 1.165) is 28.9 Å². The van der Waals surface area contributed by atoms with Gasteiger partial charge in [-0.2, -0.15) is 5.10 Å². The van der Waals surface area contributed by atoms with Gasteiger partial charge in [0.15, 0.2) is 5.82 Å². The van der Waals surface area contributed by atoms with Crippen molar-refractivity contribution in [1.82, 2.24) is 19.7 Å². The van der Waals surface area contributed by atoms with Crippen LogP contribution in [0.2, 0.25) is 5.15 Å². The van der Waals surface area contributed by atoms with E-state index in [0.29, 0.717) is 5.15 Å². The summed E-state index contributed by atoms with van der Waals surface area (Å²) >= 11 is 6.11. The highest BCUT2D eigenvalue weighted by Gasteiger charge is 2.11. The van der Waals surface area contributed by atoms with Crippen molar-refractivity contribution in [3.05, 3.63) is 59.8 Å². The monoisotopic (exact) mass is 284 g/mol. The quantitative estimate of drug-likeness (QED) is 0.691. The molecule has 2 heterocycles. The van der Waals surface area contributed by atoms with Gasteiger partial charge < -0.3 is 0 Å². The molecule has 0 unspecified atom stereocenters. The molecule has 0 saturated heterocycles. The predicted octanol–water partition coefficient (Wildman–Crippen LogP) is 3.55. The summed E-state index contributed by atoms with van der Waals surface area (Å²) in [5.74, 6) is 0.731. The van der Waals surface area contributed by atoms with E-state index in [4.69, 9.17) is 11.6 Å². The smallest absolute Gasteiger partial charge is 0.161 e. The van der Waals surface area contributed by atoms with E-state index in [2.05, 4.69) is 27.2 Å². The second-order valence-corrected chi connectivity index (χ2v) is 4.72. The highest BCUT2D eigenvalue weighted by atomic mass is 35.5. The van der Waals surface area contributed by atoms with Crippen LogP contribution in [0.1, 0.15) is 12.5 Å². The zero-order valence-corrected chi connectivity index (χ0v) is 11.7. The number of aromatic nitrogens is 4. The molecule has 0 aliphatic carbocycles. The van der Waals surface area contributed by atoms with Gasteiger partial charge in [0.1, 0.15) is 11.5 Å². The van der Waals surface area contributed by atoms with Gasteiger partial charge >= 0.3 is 0 Å². The topological polar surface area (TPSA) is 43.6 Å². The van der Waals surface area contributed by atoms with E-state index in [1.54, 1.807) is 4.68 Å². The highest BCUT2D eigenvalue weighted by Crippen LogP contribution is 2.22. The van der Waals surface area contributed by atoms with E-state index >= 15 is 0 Å². The fourth-order valence-corrected chi connectivity index (χ4v) is 2.36. The first-order valence-corrected chi connectivity index (χ1v) is 6.77. The fraction of sp³-hybridized carbons (Fsp3) is 0.133. The van der Waals surface area contributed by atoms with Gasteiger partial charge in [0.05, 0.1) is 6.20 Å². The SMILES string of the molecule is CCc1c(Cl)ncnc1-n1cc(-c2ccccc2)cn1. The Hall–Kier alpha value is -2.20. The minimum atomic E-state index is 0.481. The van der Waals surface area contributed by atoms with Crippen LogP contribution in [0.3, 0.4) is 0 Å². The lowest BCUT2D eigenvalue weighted by molar-refractivity contribution is 0.818. The average molecular weight is 285 g/mol. The van der Waals surface area contributed by atoms with Crippen LogP contribution in [0, 0.1) is 0 Å². The zero-order valence-electron chi connectivity index (χ0n) is 11.0. The van der Waals surface area contributed by atoms with Crippen molar-refractivity contribution in [2.24, 2.45) is 0 Å². The number of hydrogen-bond donors (Lipinski definition) is 0. The van der Waals surface area contributed by atoms with Crippen LogP contribution >= 0.6 is 11.6 Å². The molecule has 5 heteroatoms. The standard InChI is InChI=1S/C15H13ClN4/c1-2-13-14(16)17-10-18-15(13)20-9-12(8-19-20)11-6-4-3-5-7-11/h3-10H,2H2,1H3. The average Bonchev–Trinajstić information content (AvgIpc) is 2.97. The minimum absolute atomic E-state index is 0.481. The first-order valence-electron chi connectivity index (χ1n) is 6.39. The summed E-state index contributed by atoms with van der Waals surface area (Å²) in [6.07, 6.45) is 5.99. The maximum Gasteiger partial charge on any atom is 0.161 e. The van der Waals surface area contributed by atoms with E-state index in [-0.39, 0.29) is 0 Å². The van der Waals surface area contributed by atoms with E-state index in [9.17, 15) is 0 Å². The van der Waals surface area contributed by atoms with Crippen LogP contribution < -0.4 is 0 Å². The first-order chi connectivity index (χ1) is 9.79. The van der Waals surface area contributed by atoms with Gasteiger partial charge in [0.2, 0.25) is 0 Å². The molecule has 0 saturated carbocycles. The lowest BCUT2D eigenvalue weighted by atomic mass is 10.1. The molecule has 0 aliphatic rings. The minimum Gasteiger partial charge on any atom is -0.224 e. The van der Waals surface area contributed by atoms with Crippen LogP contribution in [-0.4, -0.2) is 19.7 Å². The summed E-state index contributed by atoms with van der Waals surface area (Å²) in [5.41, 5.74) is 3.07. The number of halogens is 1. The molecule has 0 bridgehead atoms. The molecular weight excluding hydrogens is 272 g/mol. The summed E-state index contributed by atoms with van der Waals surface area (Å²) in [4.78, 5) is 8.31. The van der Waals surface area contributed by atoms with Gasteiger partial charge in [0, 0.05) is 17.3 Å². The summed E-state index contributed by atoms with van der Waals surface area (Å²) in [7, 11) is 0. The van der Waals surface area contributed by atoms with E-state index in [1.807, 2.05) is 37.5 Å². The summed E-state index contributed by atoms with van der Waals surface area (Å²) in [6.45, 7) is 2.02. The molecule has 4 nitrogen and oxygen atoms in total. The molecule has 0 aliphatic heterocycles. The molecule has 0 fully saturated rings. The third kappa shape index (κ3) is 2.30. The zero-order chi connectivity index (χ0) is 13.9. The Labute approximate surface area is 122 Å². The largest absolute Gasteiger partial charge is 0.224 e. The third-order valence-electron chi connectivity index (χ3n) is 3.13. The van der Waals surface area contributed by atoms with Crippen molar-refractivity contribution in [3.63, 3.8) is 0 Å². The van der Waals surface area contributed by atoms with Crippen LogP contribution in [0.15, 0.2) is 49.1 Å². The molecule has 20 heavy (non-hydrogen) atoms. The lowest BCUT2D eigenvalue weighted by Gasteiger charge is -2.07. The molecular formula is C15H13ClN4. The number of rotatable bonds is 3. The lowest BCUT2D eigenvalue weighted by Crippen LogP contribution is -2.04. The van der Waals surface area contributed by atoms with Crippen molar-refractivity contribution in [2.45, 2.75) is 13.3 Å². The van der Waals surface area contributed by atoms with Crippen molar-refractivity contribution in [2.75, 3.05) is 0 Å². The van der Waals surface area contributed by atoms with Crippen LogP contribution in [-0.2, 0) is 6.42 Å². The molecule has 2 aromatic heterocycles. The molecule has 0 amide bonds. The van der Waals surface area contributed by atoms with Gasteiger partial charge in [-0.1, -0.05) is 48.9 Å². The molecule has 3 aromatic rings. The summed E-state index contributed by atoms with van der Waals surface area (Å²) in [5, 5.41) is 4.86. The molecule has 0 spiro atoms. The molecule has 1 aromatic carbocycles. The van der Waals surface area contributed by atoms with Gasteiger partial charge in [-0.25, -0.2) is 14.6 Å². The molecule has 100 valence electrons. The second kappa shape index (κ2) is 5.43. The Morgan fingerprint density at radius 3 is 2.65 bits per heavy atom. The Balaban J connectivity index is 2.05. The van der Waals surface area contributed by atoms with Gasteiger partial charge in [-0.3, -0.25) is 0 Å². The number of benzene rings is 1. The van der Waals surface area contributed by atoms with Crippen LogP contribution in [0.4, 0.5) is 0 Å². The highest BCUT2D eigenvalue weighted by molar-refractivity contribution is 6.30. The summed E-state index contributed by atoms with van der Waals surface area (Å²) < 4.78 is 1.74. The first kappa shape index (κ1) is 12.8. The normalized spacial score (nSPS) is 10.7. The molecule has 0 radical (unpaired) electrons. The fourth-order valence-electron chi connectivity index (χ4n) is 2.10. The second-order valence-electron chi connectivity index (χ2n) is 4.36. The predicted molar refractivity (Wildman–Crippen MR) is 79.0 cm³/mol. The molecule has 3 rings (SSSR count). The molecule has 0 atom stereocenters. The Kier molecular flexibility index (Phi) is 3.48. The van der Waals surface area contributed by atoms with E-state index < -0.39 is 0 Å². The molecule has 0 N–H and O–H groups in total. The van der Waals surface area contributed by atoms with Crippen molar-refractivity contribution >= 4 is 11.6 Å². The maximum absolute atomic E-state index is 6.11. The van der Waals surface area contributed by atoms with Crippen LogP contribution in [0.25, 0.3) is 16.9 Å². The Morgan fingerprint density at radius 2 is 1.90 bits per heavy atom. The van der Waals surface area contributed by atoms with Crippen LogP contribution in [0.5, 0.6) is 0 Å². The Morgan fingerprint density at radius 1 is 1.10 bits per heavy atom. The number of hydrogen-bond acceptors (Lipinski definition) is 3. The van der Waals surface area contributed by atoms with Crippen molar-refractivity contribution in [1.29, 1.82) is 0 Å². The van der Waals surface area contributed by atoms with Crippen molar-refractivity contribution in [3.8, 4) is 16.9 Å².